The summed E-state index contributed by atoms with van der Waals surface area (Å²) in [5, 5.41) is 0. The van der Waals surface area contributed by atoms with Crippen molar-refractivity contribution in [2.45, 2.75) is 13.8 Å². The Bertz CT molecular complexity index is 2370. The van der Waals surface area contributed by atoms with E-state index in [0.29, 0.717) is 34.1 Å². The molecule has 0 saturated heterocycles. The van der Waals surface area contributed by atoms with E-state index in [2.05, 4.69) is 72.8 Å². The topological polar surface area (TPSA) is 76.4 Å². The Kier molecular flexibility index (Phi) is 11.5. The molecule has 0 bridgehead atoms. The quantitative estimate of drug-likeness (QED) is 0.0853. The van der Waals surface area contributed by atoms with Crippen molar-refractivity contribution in [2.24, 2.45) is 0 Å². The van der Waals surface area contributed by atoms with E-state index in [0.717, 1.165) is 11.1 Å². The first-order valence-corrected chi connectivity index (χ1v) is 24.5. The molecular weight excluding hydrogens is 852 g/mol. The van der Waals surface area contributed by atoms with Crippen molar-refractivity contribution in [3.05, 3.63) is 232 Å². The van der Waals surface area contributed by atoms with E-state index in [1.54, 1.807) is 0 Å². The van der Waals surface area contributed by atoms with Gasteiger partial charge in [-0.2, -0.15) is 0 Å². The van der Waals surface area contributed by atoms with Crippen LogP contribution in [-0.2, 0) is 0 Å². The molecule has 8 aromatic heterocycles. The molecular formula is C46H42N8O4P4. The van der Waals surface area contributed by atoms with Gasteiger partial charge in [0.2, 0.25) is 0 Å². The predicted molar refractivity (Wildman–Crippen MR) is 250 cm³/mol. The van der Waals surface area contributed by atoms with Gasteiger partial charge in [0.15, 0.2) is 0 Å². The standard InChI is InChI=1S/C46H42N8O4P4/c1-39-35-41(55-59(47-19-3-4-20-47)48-21-5-6-22-48)45(42(36-39)56-60(49-23-7-8-24-49)50-25-9-10-26-50)46-43(57-61(51-27-11-12-28-51)52-29-13-14-30-52)37-40(2)38-44(46)58-62(53-31-15-16-32-53)54-33-17-18-34-54/h3-38H,1-2H3. The molecule has 8 heterocycles. The first-order valence-electron chi connectivity index (χ1n) is 19.8. The average molecular weight is 895 g/mol. The predicted octanol–water partition coefficient (Wildman–Crippen LogP) is 13.2. The van der Waals surface area contributed by atoms with Crippen molar-refractivity contribution >= 4 is 33.8 Å². The SMILES string of the molecule is Cc1cc(OP(n2cccc2)n2cccc2)c(-c2c(OP(n3cccc3)n3cccc3)cc(C)cc2OP(n2cccc2)n2cccc2)c(OP(n2cccc2)n2cccc2)c1. The molecule has 10 aromatic rings. The molecule has 0 N–H and O–H groups in total. The number of hydrogen-bond donors (Lipinski definition) is 0. The van der Waals surface area contributed by atoms with Crippen LogP contribution in [0.2, 0.25) is 0 Å². The summed E-state index contributed by atoms with van der Waals surface area (Å²) >= 11 is 0. The van der Waals surface area contributed by atoms with Crippen LogP contribution in [0.25, 0.3) is 11.1 Å². The summed E-state index contributed by atoms with van der Waals surface area (Å²) in [6, 6.07) is 40.6. The number of benzene rings is 2. The van der Waals surface area contributed by atoms with Crippen LogP contribution in [0.4, 0.5) is 0 Å². The summed E-state index contributed by atoms with van der Waals surface area (Å²) in [5.41, 5.74) is 3.32. The van der Waals surface area contributed by atoms with Gasteiger partial charge in [-0.3, -0.25) is 34.7 Å². The van der Waals surface area contributed by atoms with Crippen LogP contribution in [0.1, 0.15) is 11.1 Å². The summed E-state index contributed by atoms with van der Waals surface area (Å²) in [5.74, 6) is 2.44. The first kappa shape index (κ1) is 39.7. The van der Waals surface area contributed by atoms with Gasteiger partial charge < -0.3 is 18.1 Å². The molecule has 0 atom stereocenters. The smallest absolute Gasteiger partial charge is 0.317 e. The van der Waals surface area contributed by atoms with E-state index >= 15 is 0 Å². The third-order valence-electron chi connectivity index (χ3n) is 9.68. The van der Waals surface area contributed by atoms with Crippen LogP contribution in [0.5, 0.6) is 23.0 Å². The first-order chi connectivity index (χ1) is 30.6. The molecule has 10 rings (SSSR count). The second kappa shape index (κ2) is 17.9. The molecule has 0 aliphatic heterocycles. The van der Waals surface area contributed by atoms with E-state index in [1.807, 2.05) is 196 Å². The van der Waals surface area contributed by atoms with Crippen LogP contribution in [0.3, 0.4) is 0 Å². The average Bonchev–Trinajstić information content (AvgIpc) is 4.15. The maximum atomic E-state index is 7.40. The molecule has 0 unspecified atom stereocenters. The molecule has 0 fully saturated rings. The monoisotopic (exact) mass is 894 g/mol. The zero-order chi connectivity index (χ0) is 41.8. The summed E-state index contributed by atoms with van der Waals surface area (Å²) in [6.07, 6.45) is 32.6. The number of nitrogens with zero attached hydrogens (tertiary/aromatic N) is 8. The largest absolute Gasteiger partial charge is 0.435 e. The van der Waals surface area contributed by atoms with Crippen molar-refractivity contribution in [1.82, 2.24) is 34.7 Å². The molecule has 0 spiro atoms. The molecule has 62 heavy (non-hydrogen) atoms. The molecule has 2 aromatic carbocycles. The minimum atomic E-state index is -1.47. The minimum absolute atomic E-state index is 0.611. The Morgan fingerprint density at radius 3 is 0.548 bits per heavy atom. The van der Waals surface area contributed by atoms with Crippen molar-refractivity contribution in [2.75, 3.05) is 0 Å². The summed E-state index contributed by atoms with van der Waals surface area (Å²) in [4.78, 5) is 0. The second-order valence-electron chi connectivity index (χ2n) is 14.2. The molecule has 0 amide bonds. The maximum Gasteiger partial charge on any atom is 0.317 e. The van der Waals surface area contributed by atoms with Crippen LogP contribution >= 0.6 is 33.8 Å². The van der Waals surface area contributed by atoms with Gasteiger partial charge >= 0.3 is 33.8 Å². The molecule has 0 aliphatic carbocycles. The van der Waals surface area contributed by atoms with Gasteiger partial charge in [0, 0.05) is 99.1 Å². The lowest BCUT2D eigenvalue weighted by atomic mass is 9.98. The highest BCUT2D eigenvalue weighted by Gasteiger charge is 2.32. The van der Waals surface area contributed by atoms with Crippen molar-refractivity contribution in [1.29, 1.82) is 0 Å². The van der Waals surface area contributed by atoms with Gasteiger partial charge in [-0.15, -0.1) is 0 Å². The second-order valence-corrected chi connectivity index (χ2v) is 20.6. The number of rotatable bonds is 17. The molecule has 16 heteroatoms. The lowest BCUT2D eigenvalue weighted by molar-refractivity contribution is 0.555. The third-order valence-corrected chi connectivity index (χ3v) is 16.4. The van der Waals surface area contributed by atoms with Gasteiger partial charge in [-0.25, -0.2) is 0 Å². The summed E-state index contributed by atoms with van der Waals surface area (Å²) < 4.78 is 46.4. The van der Waals surface area contributed by atoms with Gasteiger partial charge in [0.25, 0.3) is 0 Å². The van der Waals surface area contributed by atoms with E-state index < -0.39 is 33.8 Å². The number of hydrogen-bond acceptors (Lipinski definition) is 4. The minimum Gasteiger partial charge on any atom is -0.435 e. The van der Waals surface area contributed by atoms with Crippen LogP contribution in [0.15, 0.2) is 220 Å². The fraction of sp³-hybridized carbons (Fsp3) is 0.0435. The molecule has 12 nitrogen and oxygen atoms in total. The zero-order valence-corrected chi connectivity index (χ0v) is 37.4. The van der Waals surface area contributed by atoms with E-state index in [4.69, 9.17) is 18.1 Å². The Labute approximate surface area is 364 Å². The Balaban J connectivity index is 1.24. The Morgan fingerprint density at radius 2 is 0.403 bits per heavy atom. The summed E-state index contributed by atoms with van der Waals surface area (Å²) in [7, 11) is -5.89. The number of aromatic nitrogens is 8. The fourth-order valence-corrected chi connectivity index (χ4v) is 13.0. The van der Waals surface area contributed by atoms with Crippen molar-refractivity contribution < 1.29 is 18.1 Å². The molecule has 310 valence electrons. The number of aryl methyl sites for hydroxylation is 2. The molecule has 0 saturated carbocycles. The Morgan fingerprint density at radius 1 is 0.258 bits per heavy atom. The highest BCUT2D eigenvalue weighted by atomic mass is 31.2. The van der Waals surface area contributed by atoms with Gasteiger partial charge in [0.1, 0.15) is 23.0 Å². The lowest BCUT2D eigenvalue weighted by Gasteiger charge is -2.29. The van der Waals surface area contributed by atoms with Crippen molar-refractivity contribution in [3.63, 3.8) is 0 Å². The zero-order valence-electron chi connectivity index (χ0n) is 33.8. The van der Waals surface area contributed by atoms with Crippen LogP contribution in [0, 0.1) is 13.8 Å². The highest BCUT2D eigenvalue weighted by molar-refractivity contribution is 7.50. The molecule has 0 aliphatic rings. The van der Waals surface area contributed by atoms with E-state index in [-0.39, 0.29) is 0 Å². The van der Waals surface area contributed by atoms with Gasteiger partial charge in [0.05, 0.1) is 11.1 Å². The van der Waals surface area contributed by atoms with Crippen molar-refractivity contribution in [3.8, 4) is 34.1 Å². The summed E-state index contributed by atoms with van der Waals surface area (Å²) in [6.45, 7) is 4.15. The maximum absolute atomic E-state index is 7.40. The highest BCUT2D eigenvalue weighted by Crippen LogP contribution is 2.59. The lowest BCUT2D eigenvalue weighted by Crippen LogP contribution is -2.09. The normalized spacial score (nSPS) is 11.6. The van der Waals surface area contributed by atoms with E-state index in [1.165, 1.54) is 0 Å². The Hall–Kier alpha value is -6.40. The van der Waals surface area contributed by atoms with E-state index in [9.17, 15) is 0 Å². The fourth-order valence-electron chi connectivity index (χ4n) is 6.94. The van der Waals surface area contributed by atoms with Crippen LogP contribution in [-0.4, -0.2) is 34.7 Å². The van der Waals surface area contributed by atoms with Crippen LogP contribution < -0.4 is 18.1 Å². The van der Waals surface area contributed by atoms with Gasteiger partial charge in [-0.1, -0.05) is 0 Å². The third kappa shape index (κ3) is 8.31. The van der Waals surface area contributed by atoms with Gasteiger partial charge in [-0.05, 0) is 146 Å². The molecule has 0 radical (unpaired) electrons.